The van der Waals surface area contributed by atoms with Gasteiger partial charge in [-0.05, 0) is 87.9 Å². The number of hydrogen-bond acceptors (Lipinski definition) is 2. The maximum Gasteiger partial charge on any atom is 0.138 e. The molecule has 3 heterocycles. The van der Waals surface area contributed by atoms with Crippen LogP contribution in [0.4, 0.5) is 0 Å². The van der Waals surface area contributed by atoms with Gasteiger partial charge in [-0.25, -0.2) is 0 Å². The first-order valence-corrected chi connectivity index (χ1v) is 18.8. The van der Waals surface area contributed by atoms with Gasteiger partial charge in [0.2, 0.25) is 0 Å². The van der Waals surface area contributed by atoms with Crippen molar-refractivity contribution in [2.24, 2.45) is 0 Å². The topological polar surface area (TPSA) is 31.2 Å². The highest BCUT2D eigenvalue weighted by molar-refractivity contribution is 6.09. The van der Waals surface area contributed by atoms with Crippen LogP contribution in [0.2, 0.25) is 0 Å². The molecule has 0 aliphatic carbocycles. The molecular weight excluding hydrogens is 671 g/mol. The van der Waals surface area contributed by atoms with Crippen LogP contribution in [-0.2, 0) is 0 Å². The van der Waals surface area contributed by atoms with Crippen molar-refractivity contribution in [1.29, 1.82) is 0 Å². The third kappa shape index (κ3) is 7.38. The Kier molecular flexibility index (Phi) is 10.0. The predicted molar refractivity (Wildman–Crippen MR) is 234 cm³/mol. The lowest BCUT2D eigenvalue weighted by Gasteiger charge is -2.07. The molecule has 268 valence electrons. The Bertz CT molecular complexity index is 3010. The lowest BCUT2D eigenvalue weighted by molar-refractivity contribution is 0.666. The summed E-state index contributed by atoms with van der Waals surface area (Å²) in [4.78, 5) is 0. The van der Waals surface area contributed by atoms with E-state index in [4.69, 9.17) is 8.83 Å². The molecule has 0 aliphatic rings. The second kappa shape index (κ2) is 15.6. The molecule has 0 amide bonds. The normalized spacial score (nSPS) is 10.9. The van der Waals surface area contributed by atoms with Crippen molar-refractivity contribution in [2.45, 2.75) is 27.7 Å². The van der Waals surface area contributed by atoms with Gasteiger partial charge >= 0.3 is 0 Å². The van der Waals surface area contributed by atoms with Crippen LogP contribution in [-0.4, -0.2) is 4.57 Å². The van der Waals surface area contributed by atoms with E-state index >= 15 is 0 Å². The van der Waals surface area contributed by atoms with Gasteiger partial charge in [0.15, 0.2) is 0 Å². The van der Waals surface area contributed by atoms with Crippen LogP contribution in [0.25, 0.3) is 71.4 Å². The summed E-state index contributed by atoms with van der Waals surface area (Å²) in [6.07, 6.45) is 0. The van der Waals surface area contributed by atoms with Gasteiger partial charge in [0.25, 0.3) is 0 Å². The molecule has 11 rings (SSSR count). The molecule has 3 aromatic heterocycles. The molecule has 8 aromatic carbocycles. The molecule has 0 unspecified atom stereocenters. The first-order valence-electron chi connectivity index (χ1n) is 18.8. The number of rotatable bonds is 1. The fourth-order valence-corrected chi connectivity index (χ4v) is 7.20. The van der Waals surface area contributed by atoms with E-state index in [2.05, 4.69) is 160 Å². The molecule has 0 N–H and O–H groups in total. The minimum atomic E-state index is 0.966. The maximum absolute atomic E-state index is 5.78. The standard InChI is InChI=1S/C19H15N.2C13H10O.C7H8/c1-14-11-12-19-17(13-14)16-9-5-6-10-18(16)20(19)15-7-3-2-4-8-15;1-9-5-4-7-11-10-6-2-3-8-12(10)14-13(9)11;1-9-6-7-13-11(8-9)10-4-2-3-5-12(10)14-13;1-7-5-3-2-4-6-7/h2-13H,1H3;2*2-8H,1H3;2-6H,1H3. The number of nitrogens with zero attached hydrogens (tertiary/aromatic N) is 1. The molecular formula is C52H43NO2. The Hall–Kier alpha value is -6.84. The molecule has 3 heteroatoms. The van der Waals surface area contributed by atoms with E-state index in [0.717, 1.165) is 22.3 Å². The molecule has 0 saturated carbocycles. The van der Waals surface area contributed by atoms with Crippen LogP contribution in [0.3, 0.4) is 0 Å². The summed E-state index contributed by atoms with van der Waals surface area (Å²) < 4.78 is 13.8. The number of para-hydroxylation sites is 5. The van der Waals surface area contributed by atoms with Gasteiger partial charge in [0.05, 0.1) is 11.0 Å². The second-order valence-corrected chi connectivity index (χ2v) is 14.0. The third-order valence-electron chi connectivity index (χ3n) is 9.92. The largest absolute Gasteiger partial charge is 0.456 e. The summed E-state index contributed by atoms with van der Waals surface area (Å²) in [6.45, 7) is 8.40. The Morgan fingerprint density at radius 3 is 1.53 bits per heavy atom. The summed E-state index contributed by atoms with van der Waals surface area (Å²) in [6, 6.07) is 64.9. The van der Waals surface area contributed by atoms with Crippen molar-refractivity contribution in [1.82, 2.24) is 4.57 Å². The Labute approximate surface area is 321 Å². The highest BCUT2D eigenvalue weighted by atomic mass is 16.3. The van der Waals surface area contributed by atoms with Crippen molar-refractivity contribution < 1.29 is 8.83 Å². The average Bonchev–Trinajstić information content (AvgIpc) is 3.89. The molecule has 0 radical (unpaired) electrons. The van der Waals surface area contributed by atoms with E-state index in [0.29, 0.717) is 0 Å². The van der Waals surface area contributed by atoms with Crippen molar-refractivity contribution >= 4 is 65.7 Å². The second-order valence-electron chi connectivity index (χ2n) is 14.0. The van der Waals surface area contributed by atoms with Gasteiger partial charge < -0.3 is 13.4 Å². The van der Waals surface area contributed by atoms with Gasteiger partial charge in [-0.3, -0.25) is 0 Å². The van der Waals surface area contributed by atoms with Crippen LogP contribution < -0.4 is 0 Å². The molecule has 0 aliphatic heterocycles. The Morgan fingerprint density at radius 1 is 0.327 bits per heavy atom. The molecule has 55 heavy (non-hydrogen) atoms. The van der Waals surface area contributed by atoms with E-state index in [1.54, 1.807) is 0 Å². The zero-order valence-corrected chi connectivity index (χ0v) is 31.7. The number of hydrogen-bond donors (Lipinski definition) is 0. The fourth-order valence-electron chi connectivity index (χ4n) is 7.20. The first-order chi connectivity index (χ1) is 26.9. The van der Waals surface area contributed by atoms with Crippen LogP contribution >= 0.6 is 0 Å². The third-order valence-corrected chi connectivity index (χ3v) is 9.92. The monoisotopic (exact) mass is 713 g/mol. The van der Waals surface area contributed by atoms with Gasteiger partial charge in [0, 0.05) is 38.0 Å². The number of aromatic nitrogens is 1. The van der Waals surface area contributed by atoms with Crippen LogP contribution in [0.15, 0.2) is 197 Å². The van der Waals surface area contributed by atoms with Crippen LogP contribution in [0.5, 0.6) is 0 Å². The van der Waals surface area contributed by atoms with E-state index in [-0.39, 0.29) is 0 Å². The van der Waals surface area contributed by atoms with Crippen LogP contribution in [0, 0.1) is 27.7 Å². The average molecular weight is 714 g/mol. The van der Waals surface area contributed by atoms with Crippen molar-refractivity contribution in [3.8, 4) is 5.69 Å². The lowest BCUT2D eigenvalue weighted by atomic mass is 10.1. The zero-order valence-electron chi connectivity index (χ0n) is 31.7. The summed E-state index contributed by atoms with van der Waals surface area (Å²) >= 11 is 0. The number of benzene rings is 8. The van der Waals surface area contributed by atoms with Gasteiger partial charge in [0.1, 0.15) is 22.3 Å². The minimum Gasteiger partial charge on any atom is -0.456 e. The van der Waals surface area contributed by atoms with Gasteiger partial charge in [-0.1, -0.05) is 150 Å². The molecule has 0 saturated heterocycles. The molecule has 0 spiro atoms. The molecule has 0 fully saturated rings. The van der Waals surface area contributed by atoms with Crippen LogP contribution in [0.1, 0.15) is 22.3 Å². The predicted octanol–water partition coefficient (Wildman–Crippen LogP) is 14.9. The van der Waals surface area contributed by atoms with E-state index in [1.165, 1.54) is 71.3 Å². The van der Waals surface area contributed by atoms with E-state index in [1.807, 2.05) is 60.7 Å². The Morgan fingerprint density at radius 2 is 0.836 bits per heavy atom. The number of furan rings is 2. The summed E-state index contributed by atoms with van der Waals surface area (Å²) in [5.74, 6) is 0. The van der Waals surface area contributed by atoms with Gasteiger partial charge in [-0.15, -0.1) is 0 Å². The maximum atomic E-state index is 5.78. The van der Waals surface area contributed by atoms with E-state index < -0.39 is 0 Å². The first kappa shape index (κ1) is 35.2. The molecule has 0 bridgehead atoms. The van der Waals surface area contributed by atoms with Crippen molar-refractivity contribution in [3.05, 3.63) is 210 Å². The fraction of sp³-hybridized carbons (Fsp3) is 0.0769. The van der Waals surface area contributed by atoms with E-state index in [9.17, 15) is 0 Å². The Balaban J connectivity index is 0.000000109. The molecule has 3 nitrogen and oxygen atoms in total. The quantitative estimate of drug-likeness (QED) is 0.170. The SMILES string of the molecule is Cc1ccc2c(c1)c1ccccc1n2-c1ccccc1.Cc1ccc2oc3ccccc3c2c1.Cc1cccc2c1oc1ccccc12.Cc1ccccc1. The summed E-state index contributed by atoms with van der Waals surface area (Å²) in [5, 5.41) is 7.46. The zero-order chi connectivity index (χ0) is 37.7. The summed E-state index contributed by atoms with van der Waals surface area (Å²) in [7, 11) is 0. The lowest BCUT2D eigenvalue weighted by Crippen LogP contribution is -1.92. The minimum absolute atomic E-state index is 0.966. The van der Waals surface area contributed by atoms with Crippen molar-refractivity contribution in [3.63, 3.8) is 0 Å². The smallest absolute Gasteiger partial charge is 0.138 e. The summed E-state index contributed by atoms with van der Waals surface area (Å²) in [5.41, 5.74) is 12.7. The number of fused-ring (bicyclic) bond motifs is 9. The molecule has 0 atom stereocenters. The molecule has 11 aromatic rings. The number of aryl methyl sites for hydroxylation is 4. The van der Waals surface area contributed by atoms with Gasteiger partial charge in [-0.2, -0.15) is 0 Å². The highest BCUT2D eigenvalue weighted by Crippen LogP contribution is 2.33. The highest BCUT2D eigenvalue weighted by Gasteiger charge is 2.11. The van der Waals surface area contributed by atoms with Crippen molar-refractivity contribution in [2.75, 3.05) is 0 Å².